The summed E-state index contributed by atoms with van der Waals surface area (Å²) in [7, 11) is 0. The summed E-state index contributed by atoms with van der Waals surface area (Å²) in [6.07, 6.45) is 0.0549. The fraction of sp³-hybridized carbons (Fsp3) is 0.292. The molecule has 1 atom stereocenters. The van der Waals surface area contributed by atoms with Crippen LogP contribution in [-0.4, -0.2) is 25.2 Å². The third kappa shape index (κ3) is 2.86. The molecular formula is C24H21NO5. The van der Waals surface area contributed by atoms with E-state index < -0.39 is 23.3 Å². The molecule has 1 aromatic heterocycles. The Balaban J connectivity index is 1.99. The first-order chi connectivity index (χ1) is 14.6. The molecule has 0 saturated heterocycles. The highest BCUT2D eigenvalue weighted by molar-refractivity contribution is 6.04. The van der Waals surface area contributed by atoms with Gasteiger partial charge in [-0.1, -0.05) is 30.3 Å². The average molecular weight is 403 g/mol. The van der Waals surface area contributed by atoms with E-state index in [1.807, 2.05) is 24.3 Å². The zero-order chi connectivity index (χ0) is 21.3. The second-order valence-corrected chi connectivity index (χ2v) is 7.19. The lowest BCUT2D eigenvalue weighted by molar-refractivity contribution is -0.172. The largest absolute Gasteiger partial charge is 0.465 e. The van der Waals surface area contributed by atoms with Crippen molar-refractivity contribution < 1.29 is 23.5 Å². The van der Waals surface area contributed by atoms with E-state index in [9.17, 15) is 9.59 Å². The summed E-state index contributed by atoms with van der Waals surface area (Å²) < 4.78 is 16.8. The summed E-state index contributed by atoms with van der Waals surface area (Å²) in [6.45, 7) is 3.69. The van der Waals surface area contributed by atoms with Crippen LogP contribution in [0.5, 0.6) is 0 Å². The van der Waals surface area contributed by atoms with Gasteiger partial charge in [-0.25, -0.2) is 0 Å². The highest BCUT2D eigenvalue weighted by Crippen LogP contribution is 2.55. The lowest BCUT2D eigenvalue weighted by atomic mass is 9.71. The van der Waals surface area contributed by atoms with E-state index in [1.165, 1.54) is 0 Å². The Bertz CT molecular complexity index is 1130. The van der Waals surface area contributed by atoms with Crippen LogP contribution in [0, 0.1) is 16.7 Å². The van der Waals surface area contributed by atoms with Crippen LogP contribution in [0.4, 0.5) is 0 Å². The predicted molar refractivity (Wildman–Crippen MR) is 109 cm³/mol. The minimum atomic E-state index is -1.58. The number of nitriles is 1. The molecule has 152 valence electrons. The summed E-state index contributed by atoms with van der Waals surface area (Å²) >= 11 is 0. The van der Waals surface area contributed by atoms with Crippen LogP contribution in [0.25, 0.3) is 11.0 Å². The number of ether oxygens (including phenoxy) is 2. The summed E-state index contributed by atoms with van der Waals surface area (Å²) in [5.41, 5.74) is 1.12. The Kier molecular flexibility index (Phi) is 5.04. The molecule has 1 aliphatic carbocycles. The molecule has 4 rings (SSSR count). The highest BCUT2D eigenvalue weighted by atomic mass is 16.6. The normalized spacial score (nSPS) is 16.6. The van der Waals surface area contributed by atoms with Crippen LogP contribution in [0.3, 0.4) is 0 Å². The molecule has 1 unspecified atom stereocenters. The van der Waals surface area contributed by atoms with Crippen molar-refractivity contribution in [3.63, 3.8) is 0 Å². The van der Waals surface area contributed by atoms with Crippen molar-refractivity contribution in [1.29, 1.82) is 5.26 Å². The lowest BCUT2D eigenvalue weighted by Gasteiger charge is -2.31. The number of hydrogen-bond acceptors (Lipinski definition) is 6. The SMILES string of the molecule is CCOC(=O)C1(C(=O)OCC)Cc2oc3ccccc3c2C1c1ccc(C#N)cc1. The molecule has 0 amide bonds. The fourth-order valence-electron chi connectivity index (χ4n) is 4.35. The molecule has 0 bridgehead atoms. The number of para-hydroxylation sites is 1. The molecule has 0 spiro atoms. The average Bonchev–Trinajstić information content (AvgIpc) is 3.28. The monoisotopic (exact) mass is 403 g/mol. The van der Waals surface area contributed by atoms with E-state index in [0.717, 1.165) is 16.5 Å². The van der Waals surface area contributed by atoms with Crippen molar-refractivity contribution in [1.82, 2.24) is 0 Å². The number of nitrogens with zero attached hydrogens (tertiary/aromatic N) is 1. The van der Waals surface area contributed by atoms with Gasteiger partial charge in [0.2, 0.25) is 0 Å². The van der Waals surface area contributed by atoms with Gasteiger partial charge in [-0.2, -0.15) is 5.26 Å². The first-order valence-corrected chi connectivity index (χ1v) is 9.91. The van der Waals surface area contributed by atoms with Gasteiger partial charge in [0.1, 0.15) is 11.3 Å². The molecule has 3 aromatic rings. The van der Waals surface area contributed by atoms with Crippen molar-refractivity contribution in [2.75, 3.05) is 13.2 Å². The van der Waals surface area contributed by atoms with E-state index in [1.54, 1.807) is 38.1 Å². The second kappa shape index (κ2) is 7.68. The zero-order valence-electron chi connectivity index (χ0n) is 16.8. The first kappa shape index (κ1) is 19.7. The summed E-state index contributed by atoms with van der Waals surface area (Å²) in [5, 5.41) is 10.0. The molecule has 1 heterocycles. The molecule has 6 nitrogen and oxygen atoms in total. The minimum Gasteiger partial charge on any atom is -0.465 e. The maximum atomic E-state index is 13.3. The number of carbonyl (C=O) groups excluding carboxylic acids is 2. The smallest absolute Gasteiger partial charge is 0.324 e. The van der Waals surface area contributed by atoms with E-state index >= 15 is 0 Å². The number of fused-ring (bicyclic) bond motifs is 3. The van der Waals surface area contributed by atoms with Crippen LogP contribution in [-0.2, 0) is 25.5 Å². The molecule has 0 aliphatic heterocycles. The summed E-state index contributed by atoms with van der Waals surface area (Å²) in [6, 6.07) is 16.5. The zero-order valence-corrected chi connectivity index (χ0v) is 16.8. The molecule has 30 heavy (non-hydrogen) atoms. The van der Waals surface area contributed by atoms with E-state index in [-0.39, 0.29) is 19.6 Å². The molecule has 1 aliphatic rings. The van der Waals surface area contributed by atoms with E-state index in [0.29, 0.717) is 16.9 Å². The van der Waals surface area contributed by atoms with Crippen molar-refractivity contribution in [3.8, 4) is 6.07 Å². The summed E-state index contributed by atoms with van der Waals surface area (Å²) in [5.74, 6) is -1.34. The van der Waals surface area contributed by atoms with Gasteiger partial charge in [0.05, 0.1) is 24.8 Å². The summed E-state index contributed by atoms with van der Waals surface area (Å²) in [4.78, 5) is 26.6. The predicted octanol–water partition coefficient (Wildman–Crippen LogP) is 4.11. The van der Waals surface area contributed by atoms with Gasteiger partial charge in [0.25, 0.3) is 0 Å². The first-order valence-electron chi connectivity index (χ1n) is 9.91. The third-order valence-electron chi connectivity index (χ3n) is 5.58. The molecule has 0 saturated carbocycles. The Hall–Kier alpha value is -3.59. The van der Waals surface area contributed by atoms with Crippen LogP contribution in [0.2, 0.25) is 0 Å². The lowest BCUT2D eigenvalue weighted by Crippen LogP contribution is -2.46. The number of esters is 2. The van der Waals surface area contributed by atoms with Crippen molar-refractivity contribution in [2.45, 2.75) is 26.2 Å². The van der Waals surface area contributed by atoms with E-state index in [2.05, 4.69) is 6.07 Å². The van der Waals surface area contributed by atoms with Crippen LogP contribution < -0.4 is 0 Å². The molecule has 6 heteroatoms. The standard InChI is InChI=1S/C24H21NO5/c1-3-28-22(26)24(23(27)29-4-2)13-19-20(17-7-5-6-8-18(17)30-19)21(24)16-11-9-15(14-25)10-12-16/h5-12,21H,3-4,13H2,1-2H3. The van der Waals surface area contributed by atoms with Crippen LogP contribution >= 0.6 is 0 Å². The van der Waals surface area contributed by atoms with Crippen molar-refractivity contribution in [3.05, 3.63) is 71.0 Å². The van der Waals surface area contributed by atoms with Gasteiger partial charge in [-0.05, 0) is 37.6 Å². The minimum absolute atomic E-state index is 0.0549. The van der Waals surface area contributed by atoms with Gasteiger partial charge in [0, 0.05) is 23.3 Å². The van der Waals surface area contributed by atoms with Crippen molar-refractivity contribution >= 4 is 22.9 Å². The number of furan rings is 1. The van der Waals surface area contributed by atoms with Gasteiger partial charge >= 0.3 is 11.9 Å². The fourth-order valence-corrected chi connectivity index (χ4v) is 4.35. The number of carbonyl (C=O) groups is 2. The van der Waals surface area contributed by atoms with E-state index in [4.69, 9.17) is 19.2 Å². The van der Waals surface area contributed by atoms with Crippen LogP contribution in [0.1, 0.15) is 42.2 Å². The third-order valence-corrected chi connectivity index (χ3v) is 5.58. The molecule has 0 N–H and O–H groups in total. The van der Waals surface area contributed by atoms with Gasteiger partial charge < -0.3 is 13.9 Å². The van der Waals surface area contributed by atoms with Crippen molar-refractivity contribution in [2.24, 2.45) is 5.41 Å². The number of benzene rings is 2. The quantitative estimate of drug-likeness (QED) is 0.471. The maximum absolute atomic E-state index is 13.3. The Morgan fingerprint density at radius 2 is 1.70 bits per heavy atom. The van der Waals surface area contributed by atoms with Crippen LogP contribution in [0.15, 0.2) is 52.9 Å². The van der Waals surface area contributed by atoms with Gasteiger partial charge in [0.15, 0.2) is 5.41 Å². The molecule has 0 radical (unpaired) electrons. The molecular weight excluding hydrogens is 382 g/mol. The maximum Gasteiger partial charge on any atom is 0.324 e. The van der Waals surface area contributed by atoms with Gasteiger partial charge in [-0.3, -0.25) is 9.59 Å². The van der Waals surface area contributed by atoms with Gasteiger partial charge in [-0.15, -0.1) is 0 Å². The molecule has 2 aromatic carbocycles. The number of hydrogen-bond donors (Lipinski definition) is 0. The topological polar surface area (TPSA) is 89.5 Å². The Morgan fingerprint density at radius 3 is 2.30 bits per heavy atom. The second-order valence-electron chi connectivity index (χ2n) is 7.19. The Labute approximate surface area is 174 Å². The molecule has 0 fully saturated rings. The Morgan fingerprint density at radius 1 is 1.07 bits per heavy atom. The highest BCUT2D eigenvalue weighted by Gasteiger charge is 2.62. The number of rotatable bonds is 5.